The van der Waals surface area contributed by atoms with Crippen LogP contribution in [0.4, 0.5) is 5.69 Å². The third-order valence-corrected chi connectivity index (χ3v) is 4.63. The first-order chi connectivity index (χ1) is 12.2. The Morgan fingerprint density at radius 1 is 1.32 bits per heavy atom. The van der Waals surface area contributed by atoms with Crippen LogP contribution in [0.1, 0.15) is 36.7 Å². The van der Waals surface area contributed by atoms with E-state index in [1.54, 1.807) is 6.92 Å². The van der Waals surface area contributed by atoms with Gasteiger partial charge in [-0.15, -0.1) is 10.2 Å². The Hall–Kier alpha value is -2.70. The van der Waals surface area contributed by atoms with Crippen molar-refractivity contribution >= 4 is 28.5 Å². The van der Waals surface area contributed by atoms with Gasteiger partial charge in [0.15, 0.2) is 5.69 Å². The molecular formula is C18H20N4O3. The lowest BCUT2D eigenvalue weighted by atomic mass is 10.1. The Bertz CT molecular complexity index is 834. The summed E-state index contributed by atoms with van der Waals surface area (Å²) in [6, 6.07) is 7.85. The number of likely N-dealkylation sites (tertiary alicyclic amines) is 1. The minimum atomic E-state index is -0.508. The zero-order valence-corrected chi connectivity index (χ0v) is 14.1. The van der Waals surface area contributed by atoms with Crippen molar-refractivity contribution < 1.29 is 14.3 Å². The fourth-order valence-corrected chi connectivity index (χ4v) is 3.31. The number of carbonyl (C=O) groups excluding carboxylic acids is 2. The van der Waals surface area contributed by atoms with Crippen molar-refractivity contribution in [2.45, 2.75) is 38.3 Å². The standard InChI is InChI=1S/C18H20N4O3/c1-2-25-18(24)17-16(13-5-3-4-6-14(13)20-21-17)19-11-9-15(23)22(10-11)12-7-8-12/h3-6,11-12H,2,7-10H2,1H3,(H,19,20). The van der Waals surface area contributed by atoms with E-state index < -0.39 is 5.97 Å². The number of ether oxygens (including phenoxy) is 1. The molecule has 1 amide bonds. The molecule has 25 heavy (non-hydrogen) atoms. The van der Waals surface area contributed by atoms with E-state index in [0.29, 0.717) is 30.2 Å². The average Bonchev–Trinajstić information content (AvgIpc) is 3.39. The van der Waals surface area contributed by atoms with Crippen molar-refractivity contribution in [1.82, 2.24) is 15.1 Å². The highest BCUT2D eigenvalue weighted by Crippen LogP contribution is 2.33. The molecule has 1 unspecified atom stereocenters. The number of hydrogen-bond donors (Lipinski definition) is 1. The van der Waals surface area contributed by atoms with Crippen molar-refractivity contribution in [3.05, 3.63) is 30.0 Å². The molecule has 1 saturated heterocycles. The fraction of sp³-hybridized carbons (Fsp3) is 0.444. The Morgan fingerprint density at radius 3 is 2.88 bits per heavy atom. The summed E-state index contributed by atoms with van der Waals surface area (Å²) in [6.45, 7) is 2.68. The van der Waals surface area contributed by atoms with Gasteiger partial charge in [0.2, 0.25) is 5.91 Å². The molecule has 2 heterocycles. The molecule has 1 aliphatic heterocycles. The van der Waals surface area contributed by atoms with Crippen LogP contribution in [-0.4, -0.2) is 52.2 Å². The van der Waals surface area contributed by atoms with Crippen LogP contribution in [0.15, 0.2) is 24.3 Å². The lowest BCUT2D eigenvalue weighted by Gasteiger charge is -2.19. The van der Waals surface area contributed by atoms with Crippen molar-refractivity contribution in [2.24, 2.45) is 0 Å². The molecule has 1 aliphatic carbocycles. The van der Waals surface area contributed by atoms with Gasteiger partial charge in [-0.25, -0.2) is 4.79 Å². The van der Waals surface area contributed by atoms with E-state index in [0.717, 1.165) is 18.2 Å². The molecule has 1 aromatic carbocycles. The molecule has 130 valence electrons. The Morgan fingerprint density at radius 2 is 2.12 bits per heavy atom. The number of amides is 1. The second-order valence-corrected chi connectivity index (χ2v) is 6.48. The molecule has 1 atom stereocenters. The van der Waals surface area contributed by atoms with Gasteiger partial charge in [0.05, 0.1) is 23.9 Å². The van der Waals surface area contributed by atoms with Crippen molar-refractivity contribution in [1.29, 1.82) is 0 Å². The lowest BCUT2D eigenvalue weighted by Crippen LogP contribution is -2.30. The summed E-state index contributed by atoms with van der Waals surface area (Å²) in [4.78, 5) is 26.4. The van der Waals surface area contributed by atoms with Crippen LogP contribution in [0.2, 0.25) is 0 Å². The van der Waals surface area contributed by atoms with E-state index in [1.807, 2.05) is 29.2 Å². The van der Waals surface area contributed by atoms with Crippen LogP contribution in [-0.2, 0) is 9.53 Å². The monoisotopic (exact) mass is 340 g/mol. The molecule has 1 N–H and O–H groups in total. The number of nitrogens with zero attached hydrogens (tertiary/aromatic N) is 3. The van der Waals surface area contributed by atoms with Gasteiger partial charge in [-0.3, -0.25) is 4.79 Å². The number of esters is 1. The molecule has 1 aromatic heterocycles. The largest absolute Gasteiger partial charge is 0.461 e. The number of benzene rings is 1. The molecule has 4 rings (SSSR count). The summed E-state index contributed by atoms with van der Waals surface area (Å²) in [5, 5.41) is 12.4. The molecule has 2 aliphatic rings. The van der Waals surface area contributed by atoms with Gasteiger partial charge in [0.25, 0.3) is 0 Å². The molecule has 7 heteroatoms. The van der Waals surface area contributed by atoms with Crippen molar-refractivity contribution in [2.75, 3.05) is 18.5 Å². The average molecular weight is 340 g/mol. The number of fused-ring (bicyclic) bond motifs is 1. The predicted molar refractivity (Wildman–Crippen MR) is 92.3 cm³/mol. The van der Waals surface area contributed by atoms with Crippen LogP contribution in [0.25, 0.3) is 10.9 Å². The number of anilines is 1. The maximum absolute atomic E-state index is 12.3. The van der Waals surface area contributed by atoms with Crippen molar-refractivity contribution in [3.8, 4) is 0 Å². The fourth-order valence-electron chi connectivity index (χ4n) is 3.31. The van der Waals surface area contributed by atoms with Gasteiger partial charge in [-0.05, 0) is 25.8 Å². The van der Waals surface area contributed by atoms with E-state index >= 15 is 0 Å². The van der Waals surface area contributed by atoms with Crippen LogP contribution in [0, 0.1) is 0 Å². The maximum Gasteiger partial charge on any atom is 0.361 e. The van der Waals surface area contributed by atoms with Gasteiger partial charge in [-0.2, -0.15) is 0 Å². The molecule has 0 bridgehead atoms. The van der Waals surface area contributed by atoms with E-state index in [2.05, 4.69) is 15.5 Å². The molecule has 0 spiro atoms. The quantitative estimate of drug-likeness (QED) is 0.838. The highest BCUT2D eigenvalue weighted by Gasteiger charge is 2.39. The summed E-state index contributed by atoms with van der Waals surface area (Å²) < 4.78 is 5.11. The Kier molecular flexibility index (Phi) is 3.99. The number of aromatic nitrogens is 2. The minimum absolute atomic E-state index is 0.0473. The molecule has 0 radical (unpaired) electrons. The smallest absolute Gasteiger partial charge is 0.361 e. The van der Waals surface area contributed by atoms with E-state index in [1.165, 1.54) is 0 Å². The van der Waals surface area contributed by atoms with Crippen LogP contribution >= 0.6 is 0 Å². The Labute approximate surface area is 145 Å². The van der Waals surface area contributed by atoms with Gasteiger partial charge < -0.3 is 15.0 Å². The van der Waals surface area contributed by atoms with Crippen molar-refractivity contribution in [3.63, 3.8) is 0 Å². The summed E-state index contributed by atoms with van der Waals surface area (Å²) in [5.74, 6) is -0.337. The van der Waals surface area contributed by atoms with E-state index in [4.69, 9.17) is 4.74 Å². The van der Waals surface area contributed by atoms with Crippen LogP contribution in [0.3, 0.4) is 0 Å². The van der Waals surface area contributed by atoms with Gasteiger partial charge >= 0.3 is 5.97 Å². The molecular weight excluding hydrogens is 320 g/mol. The summed E-state index contributed by atoms with van der Waals surface area (Å²) in [7, 11) is 0. The lowest BCUT2D eigenvalue weighted by molar-refractivity contribution is -0.128. The van der Waals surface area contributed by atoms with Gasteiger partial charge in [-0.1, -0.05) is 18.2 Å². The molecule has 7 nitrogen and oxygen atoms in total. The minimum Gasteiger partial charge on any atom is -0.461 e. The van der Waals surface area contributed by atoms with Crippen LogP contribution < -0.4 is 5.32 Å². The molecule has 2 fully saturated rings. The zero-order valence-electron chi connectivity index (χ0n) is 14.1. The maximum atomic E-state index is 12.3. The highest BCUT2D eigenvalue weighted by molar-refractivity contribution is 6.03. The number of nitrogens with one attached hydrogen (secondary N) is 1. The first-order valence-electron chi connectivity index (χ1n) is 8.66. The van der Waals surface area contributed by atoms with Crippen LogP contribution in [0.5, 0.6) is 0 Å². The number of rotatable bonds is 5. The zero-order chi connectivity index (χ0) is 17.4. The molecule has 1 saturated carbocycles. The summed E-state index contributed by atoms with van der Waals surface area (Å²) >= 11 is 0. The normalized spacial score (nSPS) is 20.1. The topological polar surface area (TPSA) is 84.4 Å². The third kappa shape index (κ3) is 3.01. The summed E-state index contributed by atoms with van der Waals surface area (Å²) in [6.07, 6.45) is 2.61. The van der Waals surface area contributed by atoms with Gasteiger partial charge in [0, 0.05) is 24.4 Å². The van der Waals surface area contributed by atoms with Gasteiger partial charge in [0.1, 0.15) is 0 Å². The van der Waals surface area contributed by atoms with E-state index in [-0.39, 0.29) is 24.2 Å². The molecule has 2 aromatic rings. The highest BCUT2D eigenvalue weighted by atomic mass is 16.5. The summed E-state index contributed by atoms with van der Waals surface area (Å²) in [5.41, 5.74) is 1.46. The second kappa shape index (κ2) is 6.31. The van der Waals surface area contributed by atoms with E-state index in [9.17, 15) is 9.59 Å². The second-order valence-electron chi connectivity index (χ2n) is 6.48. The number of hydrogen-bond acceptors (Lipinski definition) is 6. The SMILES string of the molecule is CCOC(=O)c1nnc2ccccc2c1NC1CC(=O)N(C2CC2)C1. The number of carbonyl (C=O) groups is 2. The third-order valence-electron chi connectivity index (χ3n) is 4.63. The first-order valence-corrected chi connectivity index (χ1v) is 8.66. The predicted octanol–water partition coefficient (Wildman–Crippen LogP) is 1.98. The first kappa shape index (κ1) is 15.8. The Balaban J connectivity index is 1.67.